The van der Waals surface area contributed by atoms with Crippen LogP contribution >= 0.6 is 0 Å². The van der Waals surface area contributed by atoms with E-state index < -0.39 is 35.2 Å². The lowest BCUT2D eigenvalue weighted by molar-refractivity contribution is -0.484. The minimum Gasteiger partial charge on any atom is -0.465 e. The summed E-state index contributed by atoms with van der Waals surface area (Å²) in [4.78, 5) is 39.3. The maximum atomic E-state index is 12.4. The summed E-state index contributed by atoms with van der Waals surface area (Å²) in [5, 5.41) is 11.2. The van der Waals surface area contributed by atoms with Gasteiger partial charge < -0.3 is 14.0 Å². The van der Waals surface area contributed by atoms with E-state index in [1.54, 1.807) is 61.4 Å². The van der Waals surface area contributed by atoms with Crippen molar-refractivity contribution in [2.45, 2.75) is 19.8 Å². The number of nitrogens with zero attached hydrogens (tertiary/aromatic N) is 3. The molecule has 0 saturated heterocycles. The summed E-state index contributed by atoms with van der Waals surface area (Å²) in [6, 6.07) is 6.76. The van der Waals surface area contributed by atoms with E-state index >= 15 is 0 Å². The van der Waals surface area contributed by atoms with E-state index in [-0.39, 0.29) is 13.2 Å². The van der Waals surface area contributed by atoms with Crippen molar-refractivity contribution in [1.82, 2.24) is 9.55 Å². The van der Waals surface area contributed by atoms with Crippen molar-refractivity contribution in [3.8, 4) is 5.69 Å². The molecule has 1 heterocycles. The lowest BCUT2D eigenvalue weighted by Gasteiger charge is -2.22. The molecule has 9 nitrogen and oxygen atoms in total. The zero-order valence-electron chi connectivity index (χ0n) is 15.1. The highest BCUT2D eigenvalue weighted by Crippen LogP contribution is 2.28. The molecule has 2 rings (SSSR count). The number of hydrogen-bond donors (Lipinski definition) is 0. The van der Waals surface area contributed by atoms with Crippen molar-refractivity contribution in [1.29, 1.82) is 0 Å². The SMILES string of the molecule is CCOC(=O)C(C(=O)OCC)C(C[N+](=O)[O-])c1ccc(-n2ccnc2)cc1. The fourth-order valence-corrected chi connectivity index (χ4v) is 2.76. The predicted molar refractivity (Wildman–Crippen MR) is 94.9 cm³/mol. The number of rotatable bonds is 9. The van der Waals surface area contributed by atoms with Gasteiger partial charge in [-0.2, -0.15) is 0 Å². The van der Waals surface area contributed by atoms with Gasteiger partial charge in [-0.3, -0.25) is 19.7 Å². The van der Waals surface area contributed by atoms with Crippen LogP contribution in [0.3, 0.4) is 0 Å². The van der Waals surface area contributed by atoms with Crippen molar-refractivity contribution in [3.63, 3.8) is 0 Å². The number of imidazole rings is 1. The first-order chi connectivity index (χ1) is 13.0. The summed E-state index contributed by atoms with van der Waals surface area (Å²) >= 11 is 0. The second kappa shape index (κ2) is 9.46. The molecule has 0 saturated carbocycles. The highest BCUT2D eigenvalue weighted by atomic mass is 16.6. The monoisotopic (exact) mass is 375 g/mol. The molecular formula is C18H21N3O6. The van der Waals surface area contributed by atoms with E-state index in [2.05, 4.69) is 4.98 Å². The number of esters is 2. The summed E-state index contributed by atoms with van der Waals surface area (Å²) in [5.41, 5.74) is 1.27. The molecule has 0 radical (unpaired) electrons. The van der Waals surface area contributed by atoms with Gasteiger partial charge in [-0.1, -0.05) is 12.1 Å². The van der Waals surface area contributed by atoms with Crippen LogP contribution in [-0.2, 0) is 19.1 Å². The smallest absolute Gasteiger partial charge is 0.321 e. The van der Waals surface area contributed by atoms with Crippen LogP contribution in [0.25, 0.3) is 5.69 Å². The van der Waals surface area contributed by atoms with Crippen molar-refractivity contribution >= 4 is 11.9 Å². The van der Waals surface area contributed by atoms with Gasteiger partial charge in [0.2, 0.25) is 6.54 Å². The fourth-order valence-electron chi connectivity index (χ4n) is 2.76. The summed E-state index contributed by atoms with van der Waals surface area (Å²) in [7, 11) is 0. The number of nitro groups is 1. The third kappa shape index (κ3) is 5.13. The number of aromatic nitrogens is 2. The average Bonchev–Trinajstić information content (AvgIpc) is 3.16. The maximum Gasteiger partial charge on any atom is 0.321 e. The lowest BCUT2D eigenvalue weighted by Crippen LogP contribution is -2.36. The van der Waals surface area contributed by atoms with Crippen molar-refractivity contribution in [2.24, 2.45) is 5.92 Å². The topological polar surface area (TPSA) is 114 Å². The largest absolute Gasteiger partial charge is 0.465 e. The second-order valence-corrected chi connectivity index (χ2v) is 5.67. The molecule has 0 spiro atoms. The lowest BCUT2D eigenvalue weighted by atomic mass is 9.85. The van der Waals surface area contributed by atoms with Crippen LogP contribution in [-0.4, -0.2) is 46.2 Å². The summed E-state index contributed by atoms with van der Waals surface area (Å²) in [6.45, 7) is 2.71. The van der Waals surface area contributed by atoms with Crippen LogP contribution < -0.4 is 0 Å². The Kier molecular flexibility index (Phi) is 7.04. The zero-order valence-corrected chi connectivity index (χ0v) is 15.1. The number of carbonyl (C=O) groups is 2. The van der Waals surface area contributed by atoms with Crippen LogP contribution in [0, 0.1) is 16.0 Å². The highest BCUT2D eigenvalue weighted by molar-refractivity contribution is 5.96. The van der Waals surface area contributed by atoms with Crippen molar-refractivity contribution in [2.75, 3.05) is 19.8 Å². The summed E-state index contributed by atoms with van der Waals surface area (Å²) in [5.74, 6) is -4.08. The number of carbonyl (C=O) groups excluding carboxylic acids is 2. The van der Waals surface area contributed by atoms with Gasteiger partial charge in [0, 0.05) is 23.0 Å². The molecule has 0 aliphatic heterocycles. The molecule has 1 unspecified atom stereocenters. The van der Waals surface area contributed by atoms with Crippen LogP contribution in [0.15, 0.2) is 43.0 Å². The van der Waals surface area contributed by atoms with Crippen LogP contribution in [0.2, 0.25) is 0 Å². The van der Waals surface area contributed by atoms with Gasteiger partial charge >= 0.3 is 11.9 Å². The molecule has 9 heteroatoms. The zero-order chi connectivity index (χ0) is 19.8. The Morgan fingerprint density at radius 2 is 1.74 bits per heavy atom. The summed E-state index contributed by atoms with van der Waals surface area (Å²) < 4.78 is 11.7. The van der Waals surface area contributed by atoms with E-state index in [4.69, 9.17) is 9.47 Å². The third-order valence-electron chi connectivity index (χ3n) is 3.95. The van der Waals surface area contributed by atoms with Gasteiger partial charge in [-0.05, 0) is 31.5 Å². The summed E-state index contributed by atoms with van der Waals surface area (Å²) in [6.07, 6.45) is 4.99. The first-order valence-corrected chi connectivity index (χ1v) is 8.51. The van der Waals surface area contributed by atoms with Crippen LogP contribution in [0.5, 0.6) is 0 Å². The van der Waals surface area contributed by atoms with Crippen molar-refractivity contribution < 1.29 is 24.0 Å². The van der Waals surface area contributed by atoms with E-state index in [1.165, 1.54) is 0 Å². The molecule has 0 bridgehead atoms. The maximum absolute atomic E-state index is 12.4. The molecule has 0 fully saturated rings. The molecule has 1 aromatic carbocycles. The highest BCUT2D eigenvalue weighted by Gasteiger charge is 2.41. The molecule has 27 heavy (non-hydrogen) atoms. The molecular weight excluding hydrogens is 354 g/mol. The quantitative estimate of drug-likeness (QED) is 0.285. The van der Waals surface area contributed by atoms with Gasteiger partial charge in [-0.25, -0.2) is 4.98 Å². The standard InChI is InChI=1S/C18H21N3O6/c1-3-26-17(22)16(18(23)27-4-2)15(11-21(24)25)13-5-7-14(8-6-13)20-10-9-19-12-20/h5-10,12,15-16H,3-4,11H2,1-2H3. The van der Waals surface area contributed by atoms with Gasteiger partial charge in [-0.15, -0.1) is 0 Å². The molecule has 144 valence electrons. The first kappa shape index (κ1) is 20.1. The molecule has 0 aliphatic rings. The first-order valence-electron chi connectivity index (χ1n) is 8.51. The number of ether oxygens (including phenoxy) is 2. The Morgan fingerprint density at radius 3 is 2.19 bits per heavy atom. The van der Waals surface area contributed by atoms with E-state index in [0.29, 0.717) is 5.56 Å². The Hall–Kier alpha value is -3.23. The Bertz CT molecular complexity index is 755. The Morgan fingerprint density at radius 1 is 1.15 bits per heavy atom. The Labute approximate surface area is 156 Å². The molecule has 0 aliphatic carbocycles. The minimum absolute atomic E-state index is 0.0550. The van der Waals surface area contributed by atoms with Crippen molar-refractivity contribution in [3.05, 3.63) is 58.7 Å². The third-order valence-corrected chi connectivity index (χ3v) is 3.95. The van der Waals surface area contributed by atoms with E-state index in [9.17, 15) is 19.7 Å². The minimum atomic E-state index is -1.41. The average molecular weight is 375 g/mol. The van der Waals surface area contributed by atoms with Gasteiger partial charge in [0.05, 0.1) is 25.5 Å². The van der Waals surface area contributed by atoms with Crippen LogP contribution in [0.4, 0.5) is 0 Å². The second-order valence-electron chi connectivity index (χ2n) is 5.67. The predicted octanol–water partition coefficient (Wildman–Crippen LogP) is 1.98. The van der Waals surface area contributed by atoms with Gasteiger partial charge in [0.25, 0.3) is 0 Å². The van der Waals surface area contributed by atoms with E-state index in [0.717, 1.165) is 5.69 Å². The van der Waals surface area contributed by atoms with Gasteiger partial charge in [0.15, 0.2) is 5.92 Å². The number of hydrogen-bond acceptors (Lipinski definition) is 7. The molecule has 1 atom stereocenters. The number of benzene rings is 1. The van der Waals surface area contributed by atoms with E-state index in [1.807, 2.05) is 0 Å². The van der Waals surface area contributed by atoms with Gasteiger partial charge in [0.1, 0.15) is 0 Å². The normalized spacial score (nSPS) is 11.8. The fraction of sp³-hybridized carbons (Fsp3) is 0.389. The molecule has 0 N–H and O–H groups in total. The molecule has 2 aromatic rings. The molecule has 0 amide bonds. The van der Waals surface area contributed by atoms with Crippen LogP contribution in [0.1, 0.15) is 25.3 Å². The molecule has 1 aromatic heterocycles. The Balaban J connectivity index is 2.39.